The van der Waals surface area contributed by atoms with Crippen LogP contribution in [-0.4, -0.2) is 31.2 Å². The van der Waals surface area contributed by atoms with Gasteiger partial charge in [0.15, 0.2) is 11.5 Å². The van der Waals surface area contributed by atoms with Crippen molar-refractivity contribution >= 4 is 45.9 Å². The number of phenols is 1. The number of carbonyl (C=O) groups excluding carboxylic acids is 1. The molecule has 7 heteroatoms. The van der Waals surface area contributed by atoms with Crippen LogP contribution in [0.3, 0.4) is 0 Å². The molecule has 0 aliphatic carbocycles. The molecule has 0 saturated heterocycles. The number of nitrogens with one attached hydrogen (secondary N) is 1. The Kier molecular flexibility index (Phi) is 7.70. The Morgan fingerprint density at radius 3 is 2.46 bits per heavy atom. The Balaban J connectivity index is 2.21. The van der Waals surface area contributed by atoms with E-state index in [1.165, 1.54) is 13.2 Å². The largest absolute Gasteiger partial charge is 0.504 e. The first-order valence-electron chi connectivity index (χ1n) is 8.78. The summed E-state index contributed by atoms with van der Waals surface area (Å²) in [5.41, 5.74) is 2.23. The summed E-state index contributed by atoms with van der Waals surface area (Å²) in [6.07, 6.45) is 1.46. The lowest BCUT2D eigenvalue weighted by atomic mass is 10.1. The number of phenolic OH excluding ortho intramolecular Hbond substituents is 1. The number of aromatic hydroxyl groups is 1. The van der Waals surface area contributed by atoms with Gasteiger partial charge in [0.1, 0.15) is 11.6 Å². The van der Waals surface area contributed by atoms with Gasteiger partial charge in [-0.3, -0.25) is 4.79 Å². The maximum Gasteiger partial charge on any atom is 0.266 e. The molecule has 6 nitrogen and oxygen atoms in total. The van der Waals surface area contributed by atoms with Gasteiger partial charge in [-0.1, -0.05) is 0 Å². The van der Waals surface area contributed by atoms with Crippen molar-refractivity contribution in [2.75, 3.05) is 30.4 Å². The van der Waals surface area contributed by atoms with Crippen LogP contribution in [0, 0.1) is 14.9 Å². The topological polar surface area (TPSA) is 85.6 Å². The molecule has 0 atom stereocenters. The summed E-state index contributed by atoms with van der Waals surface area (Å²) in [6.45, 7) is 5.97. The number of carbonyl (C=O) groups is 1. The van der Waals surface area contributed by atoms with E-state index in [2.05, 4.69) is 24.1 Å². The van der Waals surface area contributed by atoms with Crippen LogP contribution in [0.1, 0.15) is 19.4 Å². The number of hydrogen-bond acceptors (Lipinski definition) is 5. The van der Waals surface area contributed by atoms with Gasteiger partial charge in [-0.2, -0.15) is 5.26 Å². The van der Waals surface area contributed by atoms with E-state index >= 15 is 0 Å². The highest BCUT2D eigenvalue weighted by Gasteiger charge is 2.13. The Bertz CT molecular complexity index is 914. The third-order valence-electron chi connectivity index (χ3n) is 4.20. The summed E-state index contributed by atoms with van der Waals surface area (Å²) >= 11 is 1.96. The van der Waals surface area contributed by atoms with Crippen molar-refractivity contribution < 1.29 is 14.6 Å². The molecule has 0 heterocycles. The Morgan fingerprint density at radius 2 is 1.93 bits per heavy atom. The first-order valence-corrected chi connectivity index (χ1v) is 9.86. The highest BCUT2D eigenvalue weighted by molar-refractivity contribution is 14.1. The fraction of sp³-hybridized carbons (Fsp3) is 0.238. The summed E-state index contributed by atoms with van der Waals surface area (Å²) in [5.74, 6) is -0.195. The normalized spacial score (nSPS) is 10.9. The fourth-order valence-electron chi connectivity index (χ4n) is 2.69. The van der Waals surface area contributed by atoms with Crippen LogP contribution in [0.5, 0.6) is 11.5 Å². The maximum absolute atomic E-state index is 12.5. The molecule has 28 heavy (non-hydrogen) atoms. The molecule has 0 saturated carbocycles. The van der Waals surface area contributed by atoms with Gasteiger partial charge in [0.25, 0.3) is 5.91 Å². The quantitative estimate of drug-likeness (QED) is 0.341. The van der Waals surface area contributed by atoms with E-state index in [4.69, 9.17) is 4.74 Å². The minimum absolute atomic E-state index is 0.0245. The van der Waals surface area contributed by atoms with Gasteiger partial charge in [-0.25, -0.2) is 0 Å². The predicted octanol–water partition coefficient (Wildman–Crippen LogP) is 4.40. The van der Waals surface area contributed by atoms with Gasteiger partial charge in [0.2, 0.25) is 0 Å². The van der Waals surface area contributed by atoms with Crippen LogP contribution in [0.2, 0.25) is 0 Å². The second-order valence-electron chi connectivity index (χ2n) is 5.90. The molecule has 0 unspecified atom stereocenters. The number of benzene rings is 2. The van der Waals surface area contributed by atoms with Gasteiger partial charge >= 0.3 is 0 Å². The highest BCUT2D eigenvalue weighted by atomic mass is 127. The SMILES string of the molecule is CCN(CC)c1ccc(NC(=O)/C(C#N)=C\c2cc(I)c(O)c(OC)c2)cc1. The predicted molar refractivity (Wildman–Crippen MR) is 120 cm³/mol. The van der Waals surface area contributed by atoms with Gasteiger partial charge in [-0.15, -0.1) is 0 Å². The fourth-order valence-corrected chi connectivity index (χ4v) is 3.32. The van der Waals surface area contributed by atoms with E-state index in [1.807, 2.05) is 52.9 Å². The van der Waals surface area contributed by atoms with Crippen molar-refractivity contribution in [1.82, 2.24) is 0 Å². The zero-order valence-electron chi connectivity index (χ0n) is 16.0. The molecule has 0 spiro atoms. The summed E-state index contributed by atoms with van der Waals surface area (Å²) in [4.78, 5) is 14.7. The van der Waals surface area contributed by atoms with E-state index in [0.29, 0.717) is 14.8 Å². The van der Waals surface area contributed by atoms with Crippen LogP contribution in [0.15, 0.2) is 42.0 Å². The lowest BCUT2D eigenvalue weighted by molar-refractivity contribution is -0.112. The molecule has 2 aromatic carbocycles. The first-order chi connectivity index (χ1) is 13.4. The number of ether oxygens (including phenoxy) is 1. The van der Waals surface area contributed by atoms with E-state index in [-0.39, 0.29) is 17.1 Å². The molecule has 0 aliphatic rings. The summed E-state index contributed by atoms with van der Waals surface area (Å²) < 4.78 is 5.68. The standard InChI is InChI=1S/C21H22IN3O3/c1-4-25(5-2)17-8-6-16(7-9-17)24-21(27)15(13-23)10-14-11-18(22)20(26)19(12-14)28-3/h6-12,26H,4-5H2,1-3H3,(H,24,27)/b15-10-. The molecular weight excluding hydrogens is 469 g/mol. The second-order valence-corrected chi connectivity index (χ2v) is 7.06. The molecule has 0 fully saturated rings. The van der Waals surface area contributed by atoms with Gasteiger partial charge in [-0.05, 0) is 84.5 Å². The number of anilines is 2. The van der Waals surface area contributed by atoms with E-state index in [9.17, 15) is 15.2 Å². The molecule has 2 aromatic rings. The molecular formula is C21H22IN3O3. The Labute approximate surface area is 178 Å². The number of rotatable bonds is 7. The number of halogens is 1. The minimum atomic E-state index is -0.500. The van der Waals surface area contributed by atoms with E-state index < -0.39 is 5.91 Å². The van der Waals surface area contributed by atoms with E-state index in [0.717, 1.165) is 18.8 Å². The molecule has 1 amide bonds. The maximum atomic E-state index is 12.5. The van der Waals surface area contributed by atoms with Crippen molar-refractivity contribution in [2.45, 2.75) is 13.8 Å². The van der Waals surface area contributed by atoms with Crippen LogP contribution in [-0.2, 0) is 4.79 Å². The lowest BCUT2D eigenvalue weighted by Gasteiger charge is -2.21. The molecule has 2 N–H and O–H groups in total. The Hall–Kier alpha value is -2.73. The number of amides is 1. The zero-order valence-corrected chi connectivity index (χ0v) is 18.1. The average molecular weight is 491 g/mol. The van der Waals surface area contributed by atoms with Crippen molar-refractivity contribution in [3.8, 4) is 17.6 Å². The van der Waals surface area contributed by atoms with E-state index in [1.54, 1.807) is 12.1 Å². The average Bonchev–Trinajstić information content (AvgIpc) is 2.70. The van der Waals surface area contributed by atoms with Crippen LogP contribution in [0.4, 0.5) is 11.4 Å². The second kappa shape index (κ2) is 9.99. The third kappa shape index (κ3) is 5.16. The zero-order chi connectivity index (χ0) is 20.7. The smallest absolute Gasteiger partial charge is 0.266 e. The number of nitriles is 1. The van der Waals surface area contributed by atoms with Gasteiger partial charge in [0, 0.05) is 24.5 Å². The number of methoxy groups -OCH3 is 1. The van der Waals surface area contributed by atoms with Crippen molar-refractivity contribution in [3.63, 3.8) is 0 Å². The Morgan fingerprint density at radius 1 is 1.29 bits per heavy atom. The molecule has 0 bridgehead atoms. The van der Waals surface area contributed by atoms with Crippen molar-refractivity contribution in [1.29, 1.82) is 5.26 Å². The molecule has 146 valence electrons. The molecule has 0 aromatic heterocycles. The summed E-state index contributed by atoms with van der Waals surface area (Å²) in [7, 11) is 1.44. The highest BCUT2D eigenvalue weighted by Crippen LogP contribution is 2.33. The lowest BCUT2D eigenvalue weighted by Crippen LogP contribution is -2.21. The van der Waals surface area contributed by atoms with Gasteiger partial charge < -0.3 is 20.1 Å². The van der Waals surface area contributed by atoms with Crippen LogP contribution in [0.25, 0.3) is 6.08 Å². The number of nitrogens with zero attached hydrogens (tertiary/aromatic N) is 2. The van der Waals surface area contributed by atoms with Gasteiger partial charge in [0.05, 0.1) is 10.7 Å². The molecule has 0 aliphatic heterocycles. The summed E-state index contributed by atoms with van der Waals surface area (Å²) in [5, 5.41) is 22.1. The monoisotopic (exact) mass is 491 g/mol. The summed E-state index contributed by atoms with van der Waals surface area (Å²) in [6, 6.07) is 12.7. The minimum Gasteiger partial charge on any atom is -0.504 e. The molecule has 0 radical (unpaired) electrons. The van der Waals surface area contributed by atoms with Crippen molar-refractivity contribution in [3.05, 3.63) is 51.1 Å². The first kappa shape index (κ1) is 21.6. The van der Waals surface area contributed by atoms with Crippen LogP contribution >= 0.6 is 22.6 Å². The van der Waals surface area contributed by atoms with Crippen LogP contribution < -0.4 is 15.0 Å². The van der Waals surface area contributed by atoms with Crippen molar-refractivity contribution in [2.24, 2.45) is 0 Å². The number of hydrogen-bond donors (Lipinski definition) is 2. The third-order valence-corrected chi connectivity index (χ3v) is 5.02. The molecule has 2 rings (SSSR count).